The van der Waals surface area contributed by atoms with E-state index in [1.165, 1.54) is 5.56 Å². The van der Waals surface area contributed by atoms with E-state index in [4.69, 9.17) is 4.74 Å². The highest BCUT2D eigenvalue weighted by Gasteiger charge is 2.21. The quantitative estimate of drug-likeness (QED) is 0.630. The smallest absolute Gasteiger partial charge is 0.271 e. The summed E-state index contributed by atoms with van der Waals surface area (Å²) in [6, 6.07) is 5.26. The largest absolute Gasteiger partial charge is 0.379 e. The lowest BCUT2D eigenvalue weighted by atomic mass is 10.0. The molecule has 6 nitrogen and oxygen atoms in total. The first-order chi connectivity index (χ1) is 11.2. The standard InChI is InChI=1S/C15H21N3O3.C2H6/c19-18(20)14-4-3-13-2-1-5-17(15(13)12-14)7-6-16-8-10-21-11-9-16;1-2/h3-4,12H,1-2,5-11H2;1-2H3. The van der Waals surface area contributed by atoms with Gasteiger partial charge >= 0.3 is 0 Å². The molecule has 23 heavy (non-hydrogen) atoms. The summed E-state index contributed by atoms with van der Waals surface area (Å²) in [5.74, 6) is 0. The van der Waals surface area contributed by atoms with Crippen LogP contribution in [0.1, 0.15) is 25.8 Å². The monoisotopic (exact) mass is 321 g/mol. The van der Waals surface area contributed by atoms with Crippen LogP contribution in [-0.2, 0) is 11.2 Å². The van der Waals surface area contributed by atoms with E-state index in [9.17, 15) is 10.1 Å². The fourth-order valence-electron chi connectivity index (χ4n) is 3.07. The van der Waals surface area contributed by atoms with Gasteiger partial charge < -0.3 is 9.64 Å². The van der Waals surface area contributed by atoms with Crippen molar-refractivity contribution in [2.75, 3.05) is 50.8 Å². The molecule has 0 amide bonds. The van der Waals surface area contributed by atoms with E-state index < -0.39 is 0 Å². The predicted octanol–water partition coefficient (Wildman–Crippen LogP) is 2.71. The number of fused-ring (bicyclic) bond motifs is 1. The van der Waals surface area contributed by atoms with E-state index in [0.717, 1.165) is 64.5 Å². The van der Waals surface area contributed by atoms with E-state index in [2.05, 4.69) is 9.80 Å². The Morgan fingerprint density at radius 2 is 1.91 bits per heavy atom. The van der Waals surface area contributed by atoms with E-state index in [-0.39, 0.29) is 10.6 Å². The minimum absolute atomic E-state index is 0.187. The van der Waals surface area contributed by atoms with Crippen LogP contribution in [0.15, 0.2) is 18.2 Å². The molecular weight excluding hydrogens is 294 g/mol. The predicted molar refractivity (Wildman–Crippen MR) is 92.2 cm³/mol. The van der Waals surface area contributed by atoms with Crippen molar-refractivity contribution in [3.05, 3.63) is 33.9 Å². The molecule has 1 saturated heterocycles. The third-order valence-corrected chi connectivity index (χ3v) is 4.28. The van der Waals surface area contributed by atoms with Gasteiger partial charge in [0.25, 0.3) is 5.69 Å². The summed E-state index contributed by atoms with van der Waals surface area (Å²) in [4.78, 5) is 15.3. The van der Waals surface area contributed by atoms with E-state index in [1.807, 2.05) is 19.9 Å². The molecule has 0 aliphatic carbocycles. The van der Waals surface area contributed by atoms with Gasteiger partial charge in [-0.1, -0.05) is 19.9 Å². The van der Waals surface area contributed by atoms with Gasteiger partial charge in [0.2, 0.25) is 0 Å². The molecule has 0 aromatic heterocycles. The Bertz CT molecular complexity index is 516. The Morgan fingerprint density at radius 3 is 2.61 bits per heavy atom. The van der Waals surface area contributed by atoms with Crippen LogP contribution in [0.5, 0.6) is 0 Å². The lowest BCUT2D eigenvalue weighted by Gasteiger charge is -2.34. The van der Waals surface area contributed by atoms with Gasteiger partial charge in [0.1, 0.15) is 0 Å². The van der Waals surface area contributed by atoms with Crippen molar-refractivity contribution in [2.45, 2.75) is 26.7 Å². The molecular formula is C17H27N3O3. The Labute approximate surface area is 138 Å². The molecule has 128 valence electrons. The fourth-order valence-corrected chi connectivity index (χ4v) is 3.07. The highest BCUT2D eigenvalue weighted by Crippen LogP contribution is 2.30. The molecule has 6 heteroatoms. The molecule has 0 saturated carbocycles. The van der Waals surface area contributed by atoms with Gasteiger partial charge in [0, 0.05) is 50.5 Å². The van der Waals surface area contributed by atoms with E-state index in [0.29, 0.717) is 0 Å². The Morgan fingerprint density at radius 1 is 1.17 bits per heavy atom. The van der Waals surface area contributed by atoms with Gasteiger partial charge in [0.05, 0.1) is 18.1 Å². The summed E-state index contributed by atoms with van der Waals surface area (Å²) in [6.45, 7) is 10.5. The zero-order valence-electron chi connectivity index (χ0n) is 14.2. The third kappa shape index (κ3) is 4.65. The molecule has 1 fully saturated rings. The second-order valence-electron chi connectivity index (χ2n) is 5.61. The number of morpholine rings is 1. The van der Waals surface area contributed by atoms with Crippen molar-refractivity contribution in [2.24, 2.45) is 0 Å². The summed E-state index contributed by atoms with van der Waals surface area (Å²) in [6.07, 6.45) is 2.13. The first kappa shape index (κ1) is 17.7. The first-order valence-electron chi connectivity index (χ1n) is 8.56. The van der Waals surface area contributed by atoms with Crippen LogP contribution in [0.2, 0.25) is 0 Å². The number of rotatable bonds is 4. The van der Waals surface area contributed by atoms with Crippen molar-refractivity contribution < 1.29 is 9.66 Å². The Kier molecular flexibility index (Phi) is 6.80. The highest BCUT2D eigenvalue weighted by molar-refractivity contribution is 5.60. The number of hydrogen-bond acceptors (Lipinski definition) is 5. The highest BCUT2D eigenvalue weighted by atomic mass is 16.6. The zero-order valence-corrected chi connectivity index (χ0v) is 14.2. The van der Waals surface area contributed by atoms with Gasteiger partial charge in [-0.25, -0.2) is 0 Å². The molecule has 0 bridgehead atoms. The molecule has 1 aromatic carbocycles. The maximum absolute atomic E-state index is 11.0. The van der Waals surface area contributed by atoms with Crippen molar-refractivity contribution in [1.29, 1.82) is 0 Å². The Hall–Kier alpha value is -1.66. The van der Waals surface area contributed by atoms with E-state index >= 15 is 0 Å². The number of nitrogens with zero attached hydrogens (tertiary/aromatic N) is 3. The van der Waals surface area contributed by atoms with Crippen LogP contribution in [-0.4, -0.2) is 55.8 Å². The molecule has 2 heterocycles. The average molecular weight is 321 g/mol. The number of anilines is 1. The summed E-state index contributed by atoms with van der Waals surface area (Å²) in [7, 11) is 0. The van der Waals surface area contributed by atoms with Crippen molar-refractivity contribution in [1.82, 2.24) is 4.90 Å². The topological polar surface area (TPSA) is 58.9 Å². The lowest BCUT2D eigenvalue weighted by Crippen LogP contribution is -2.42. The van der Waals surface area contributed by atoms with Gasteiger partial charge in [-0.15, -0.1) is 0 Å². The molecule has 3 rings (SSSR count). The lowest BCUT2D eigenvalue weighted by molar-refractivity contribution is -0.384. The number of nitro benzene ring substituents is 1. The zero-order chi connectivity index (χ0) is 16.7. The van der Waals surface area contributed by atoms with Gasteiger partial charge in [-0.3, -0.25) is 15.0 Å². The second kappa shape index (κ2) is 8.84. The summed E-state index contributed by atoms with van der Waals surface area (Å²) >= 11 is 0. The van der Waals surface area contributed by atoms with Crippen molar-refractivity contribution in [3.8, 4) is 0 Å². The molecule has 0 unspecified atom stereocenters. The normalized spacial score (nSPS) is 17.9. The van der Waals surface area contributed by atoms with Crippen molar-refractivity contribution in [3.63, 3.8) is 0 Å². The van der Waals surface area contributed by atoms with Crippen molar-refractivity contribution >= 4 is 11.4 Å². The molecule has 0 N–H and O–H groups in total. The maximum Gasteiger partial charge on any atom is 0.271 e. The summed E-state index contributed by atoms with van der Waals surface area (Å²) in [5, 5.41) is 11.0. The SMILES string of the molecule is CC.O=[N+]([O-])c1ccc2c(c1)N(CCN1CCOCC1)CCC2. The molecule has 0 atom stereocenters. The molecule has 0 radical (unpaired) electrons. The van der Waals surface area contributed by atoms with Gasteiger partial charge in [-0.2, -0.15) is 0 Å². The minimum Gasteiger partial charge on any atom is -0.379 e. The number of nitro groups is 1. The van der Waals surface area contributed by atoms with Gasteiger partial charge in [0.15, 0.2) is 0 Å². The summed E-state index contributed by atoms with van der Waals surface area (Å²) < 4.78 is 5.36. The number of aryl methyl sites for hydroxylation is 1. The molecule has 1 aromatic rings. The number of non-ortho nitro benzene ring substituents is 1. The maximum atomic E-state index is 11.0. The van der Waals surface area contributed by atoms with Gasteiger partial charge in [-0.05, 0) is 18.4 Å². The number of ether oxygens (including phenoxy) is 1. The average Bonchev–Trinajstić information content (AvgIpc) is 2.62. The number of benzene rings is 1. The van der Waals surface area contributed by atoms with Crippen LogP contribution in [0.25, 0.3) is 0 Å². The second-order valence-corrected chi connectivity index (χ2v) is 5.61. The van der Waals surface area contributed by atoms with Crippen LogP contribution < -0.4 is 4.90 Å². The fraction of sp³-hybridized carbons (Fsp3) is 0.647. The van der Waals surface area contributed by atoms with Crippen LogP contribution in [0.4, 0.5) is 11.4 Å². The molecule has 2 aliphatic rings. The van der Waals surface area contributed by atoms with Crippen LogP contribution >= 0.6 is 0 Å². The molecule has 2 aliphatic heterocycles. The van der Waals surface area contributed by atoms with Crippen LogP contribution in [0.3, 0.4) is 0 Å². The third-order valence-electron chi connectivity index (χ3n) is 4.28. The minimum atomic E-state index is -0.310. The number of hydrogen-bond donors (Lipinski definition) is 0. The summed E-state index contributed by atoms with van der Waals surface area (Å²) in [5.41, 5.74) is 2.46. The first-order valence-corrected chi connectivity index (χ1v) is 8.56. The van der Waals surface area contributed by atoms with Crippen LogP contribution in [0, 0.1) is 10.1 Å². The Balaban J connectivity index is 0.000000924. The molecule has 0 spiro atoms. The van der Waals surface area contributed by atoms with E-state index in [1.54, 1.807) is 12.1 Å².